The number of ether oxygens (including phenoxy) is 2. The number of benzene rings is 1. The Labute approximate surface area is 159 Å². The molecule has 1 amide bonds. The maximum absolute atomic E-state index is 12.8. The molecular formula is C18H24BrNO4S. The molecule has 2 aliphatic rings. The molecule has 1 aromatic rings. The molecule has 0 N–H and O–H groups in total. The van der Waals surface area contributed by atoms with E-state index in [-0.39, 0.29) is 5.91 Å². The van der Waals surface area contributed by atoms with E-state index < -0.39 is 16.0 Å². The highest BCUT2D eigenvalue weighted by Crippen LogP contribution is 2.36. The fourth-order valence-corrected chi connectivity index (χ4v) is 4.97. The summed E-state index contributed by atoms with van der Waals surface area (Å²) in [5.41, 5.74) is 0.873. The largest absolute Gasteiger partial charge is 0.486 e. The van der Waals surface area contributed by atoms with Crippen LogP contribution in [0, 0.1) is 0 Å². The minimum atomic E-state index is -1.28. The standard InChI is InChI=1S/C18H24BrNO4S/c1-13(18(21)20-6-4-2-3-5-7-20)25(22)12-14-10-16-17(11-15(14)19)24-9-8-23-16/h10-11,13H,2-9,12H2,1H3/t13-,25+/m1/s1. The van der Waals surface area contributed by atoms with Gasteiger partial charge in [-0.25, -0.2) is 0 Å². The first kappa shape index (κ1) is 18.7. The topological polar surface area (TPSA) is 55.8 Å². The second kappa shape index (κ2) is 8.54. The Bertz CT molecular complexity index is 659. The van der Waals surface area contributed by atoms with Crippen LogP contribution in [0.2, 0.25) is 0 Å². The Kier molecular flexibility index (Phi) is 6.39. The fourth-order valence-electron chi connectivity index (χ4n) is 3.16. The van der Waals surface area contributed by atoms with Gasteiger partial charge in [-0.05, 0) is 37.5 Å². The third-order valence-electron chi connectivity index (χ3n) is 4.67. The van der Waals surface area contributed by atoms with Crippen LogP contribution in [0.5, 0.6) is 11.5 Å². The van der Waals surface area contributed by atoms with Crippen LogP contribution in [0.3, 0.4) is 0 Å². The maximum atomic E-state index is 12.8. The van der Waals surface area contributed by atoms with Gasteiger partial charge in [-0.15, -0.1) is 0 Å². The molecule has 1 saturated heterocycles. The van der Waals surface area contributed by atoms with Gasteiger partial charge < -0.3 is 14.4 Å². The molecule has 0 radical (unpaired) electrons. The summed E-state index contributed by atoms with van der Waals surface area (Å²) in [6, 6.07) is 3.71. The zero-order chi connectivity index (χ0) is 17.8. The van der Waals surface area contributed by atoms with E-state index in [1.807, 2.05) is 17.0 Å². The Morgan fingerprint density at radius 1 is 1.16 bits per heavy atom. The highest BCUT2D eigenvalue weighted by molar-refractivity contribution is 9.10. The molecule has 0 unspecified atom stereocenters. The number of carbonyl (C=O) groups excluding carboxylic acids is 1. The number of hydrogen-bond acceptors (Lipinski definition) is 4. The van der Waals surface area contributed by atoms with Crippen LogP contribution < -0.4 is 9.47 Å². The van der Waals surface area contributed by atoms with Gasteiger partial charge in [-0.2, -0.15) is 0 Å². The summed E-state index contributed by atoms with van der Waals surface area (Å²) in [5.74, 6) is 1.70. The first-order valence-electron chi connectivity index (χ1n) is 8.80. The summed E-state index contributed by atoms with van der Waals surface area (Å²) in [6.45, 7) is 4.39. The van der Waals surface area contributed by atoms with Gasteiger partial charge in [0.05, 0.1) is 5.75 Å². The number of amides is 1. The Morgan fingerprint density at radius 2 is 1.76 bits per heavy atom. The van der Waals surface area contributed by atoms with Crippen molar-refractivity contribution in [2.75, 3.05) is 26.3 Å². The third kappa shape index (κ3) is 4.56. The number of rotatable bonds is 4. The lowest BCUT2D eigenvalue weighted by molar-refractivity contribution is -0.130. The third-order valence-corrected chi connectivity index (χ3v) is 6.99. The van der Waals surface area contributed by atoms with E-state index in [2.05, 4.69) is 15.9 Å². The minimum absolute atomic E-state index is 0.00824. The van der Waals surface area contributed by atoms with Crippen LogP contribution >= 0.6 is 15.9 Å². The minimum Gasteiger partial charge on any atom is -0.486 e. The molecule has 0 aromatic heterocycles. The number of likely N-dealkylation sites (tertiary alicyclic amines) is 1. The molecular weight excluding hydrogens is 406 g/mol. The Hall–Kier alpha value is -1.08. The average Bonchev–Trinajstić information content (AvgIpc) is 2.90. The Balaban J connectivity index is 1.67. The van der Waals surface area contributed by atoms with Gasteiger partial charge in [-0.1, -0.05) is 28.8 Å². The van der Waals surface area contributed by atoms with Gasteiger partial charge in [0.15, 0.2) is 11.5 Å². The highest BCUT2D eigenvalue weighted by Gasteiger charge is 2.27. The Morgan fingerprint density at radius 3 is 2.40 bits per heavy atom. The molecule has 7 heteroatoms. The zero-order valence-electron chi connectivity index (χ0n) is 14.5. The van der Waals surface area contributed by atoms with Crippen LogP contribution in [-0.4, -0.2) is 46.6 Å². The molecule has 0 spiro atoms. The van der Waals surface area contributed by atoms with E-state index in [1.165, 1.54) is 12.8 Å². The van der Waals surface area contributed by atoms with Crippen molar-refractivity contribution in [3.8, 4) is 11.5 Å². The van der Waals surface area contributed by atoms with Gasteiger partial charge in [0, 0.05) is 28.4 Å². The molecule has 5 nitrogen and oxygen atoms in total. The van der Waals surface area contributed by atoms with Crippen LogP contribution in [0.4, 0.5) is 0 Å². The molecule has 2 heterocycles. The predicted octanol–water partition coefficient (Wildman–Crippen LogP) is 3.26. The van der Waals surface area contributed by atoms with Crippen molar-refractivity contribution in [1.82, 2.24) is 4.90 Å². The van der Waals surface area contributed by atoms with Crippen LogP contribution in [0.15, 0.2) is 16.6 Å². The van der Waals surface area contributed by atoms with Gasteiger partial charge in [0.25, 0.3) is 0 Å². The van der Waals surface area contributed by atoms with Crippen molar-refractivity contribution in [1.29, 1.82) is 0 Å². The van der Waals surface area contributed by atoms with Crippen molar-refractivity contribution in [3.63, 3.8) is 0 Å². The van der Waals surface area contributed by atoms with Crippen molar-refractivity contribution in [2.45, 2.75) is 43.6 Å². The van der Waals surface area contributed by atoms with Crippen LogP contribution in [0.25, 0.3) is 0 Å². The van der Waals surface area contributed by atoms with Crippen molar-refractivity contribution in [3.05, 3.63) is 22.2 Å². The van der Waals surface area contributed by atoms with E-state index in [0.717, 1.165) is 36.0 Å². The summed E-state index contributed by atoms with van der Waals surface area (Å²) in [4.78, 5) is 14.6. The van der Waals surface area contributed by atoms with Crippen molar-refractivity contribution in [2.24, 2.45) is 0 Å². The lowest BCUT2D eigenvalue weighted by Gasteiger charge is -2.24. The highest BCUT2D eigenvalue weighted by atomic mass is 79.9. The van der Waals surface area contributed by atoms with Crippen molar-refractivity contribution >= 4 is 32.6 Å². The van der Waals surface area contributed by atoms with Gasteiger partial charge in [-0.3, -0.25) is 9.00 Å². The fraction of sp³-hybridized carbons (Fsp3) is 0.611. The lowest BCUT2D eigenvalue weighted by Crippen LogP contribution is -2.40. The molecule has 138 valence electrons. The van der Waals surface area contributed by atoms with Gasteiger partial charge >= 0.3 is 0 Å². The predicted molar refractivity (Wildman–Crippen MR) is 101 cm³/mol. The van der Waals surface area contributed by atoms with E-state index in [0.29, 0.717) is 30.5 Å². The molecule has 2 atom stereocenters. The molecule has 1 fully saturated rings. The van der Waals surface area contributed by atoms with Crippen LogP contribution in [-0.2, 0) is 21.3 Å². The summed E-state index contributed by atoms with van der Waals surface area (Å²) >= 11 is 3.51. The number of nitrogens with zero attached hydrogens (tertiary/aromatic N) is 1. The van der Waals surface area contributed by atoms with Crippen molar-refractivity contribution < 1.29 is 18.5 Å². The molecule has 1 aromatic carbocycles. The van der Waals surface area contributed by atoms with Gasteiger partial charge in [0.2, 0.25) is 5.91 Å². The molecule has 2 aliphatic heterocycles. The number of carbonyl (C=O) groups is 1. The van der Waals surface area contributed by atoms with E-state index in [4.69, 9.17) is 9.47 Å². The number of halogens is 1. The first-order valence-corrected chi connectivity index (χ1v) is 11.0. The second-order valence-corrected chi connectivity index (χ2v) is 9.11. The van der Waals surface area contributed by atoms with E-state index >= 15 is 0 Å². The molecule has 3 rings (SSSR count). The summed E-state index contributed by atoms with van der Waals surface area (Å²) in [5, 5.41) is -0.502. The summed E-state index contributed by atoms with van der Waals surface area (Å²) in [6.07, 6.45) is 4.42. The smallest absolute Gasteiger partial charge is 0.238 e. The number of hydrogen-bond donors (Lipinski definition) is 0. The lowest BCUT2D eigenvalue weighted by atomic mass is 10.2. The monoisotopic (exact) mass is 429 g/mol. The number of fused-ring (bicyclic) bond motifs is 1. The zero-order valence-corrected chi connectivity index (χ0v) is 16.9. The second-order valence-electron chi connectivity index (χ2n) is 6.49. The molecule has 0 saturated carbocycles. The quantitative estimate of drug-likeness (QED) is 0.736. The molecule has 0 bridgehead atoms. The molecule has 0 aliphatic carbocycles. The molecule has 25 heavy (non-hydrogen) atoms. The SMILES string of the molecule is C[C@H](C(=O)N1CCCCCC1)[S@@](=O)Cc1cc2c(cc1Br)OCCO2. The maximum Gasteiger partial charge on any atom is 0.238 e. The summed E-state index contributed by atoms with van der Waals surface area (Å²) in [7, 11) is -1.28. The normalized spacial score (nSPS) is 19.8. The average molecular weight is 430 g/mol. The van der Waals surface area contributed by atoms with Gasteiger partial charge in [0.1, 0.15) is 18.5 Å². The van der Waals surface area contributed by atoms with E-state index in [1.54, 1.807) is 6.92 Å². The van der Waals surface area contributed by atoms with E-state index in [9.17, 15) is 9.00 Å². The summed E-state index contributed by atoms with van der Waals surface area (Å²) < 4.78 is 24.8. The first-order chi connectivity index (χ1) is 12.1. The van der Waals surface area contributed by atoms with Crippen LogP contribution in [0.1, 0.15) is 38.2 Å².